The van der Waals surface area contributed by atoms with E-state index in [4.69, 9.17) is 4.74 Å². The minimum Gasteiger partial charge on any atom is -0.490 e. The van der Waals surface area contributed by atoms with Gasteiger partial charge in [0.1, 0.15) is 22.9 Å². The highest BCUT2D eigenvalue weighted by molar-refractivity contribution is 7.89. The third-order valence-corrected chi connectivity index (χ3v) is 10.4. The SMILES string of the molecule is C[C@H]1CCC(c2ccccc2)S(=O)(=O)N1Cc1ccc(OC2CCN(S(C)(=O)=O)CC2)cc1F. The summed E-state index contributed by atoms with van der Waals surface area (Å²) in [4.78, 5) is 0. The van der Waals surface area contributed by atoms with Gasteiger partial charge in [0.25, 0.3) is 0 Å². The molecule has 2 aliphatic rings. The van der Waals surface area contributed by atoms with E-state index >= 15 is 0 Å². The van der Waals surface area contributed by atoms with Gasteiger partial charge in [-0.25, -0.2) is 25.5 Å². The summed E-state index contributed by atoms with van der Waals surface area (Å²) in [5.41, 5.74) is 1.05. The smallest absolute Gasteiger partial charge is 0.221 e. The molecule has 0 aliphatic carbocycles. The Balaban J connectivity index is 1.45. The zero-order valence-corrected chi connectivity index (χ0v) is 21.1. The molecular formula is C24H31FN2O5S2. The van der Waals surface area contributed by atoms with Crippen molar-refractivity contribution in [2.45, 2.75) is 56.5 Å². The van der Waals surface area contributed by atoms with E-state index in [1.807, 2.05) is 37.3 Å². The van der Waals surface area contributed by atoms with Crippen LogP contribution in [0.4, 0.5) is 4.39 Å². The normalized spacial score (nSPS) is 24.7. The summed E-state index contributed by atoms with van der Waals surface area (Å²) in [5.74, 6) is -0.161. The van der Waals surface area contributed by atoms with Crippen molar-refractivity contribution in [2.24, 2.45) is 0 Å². The lowest BCUT2D eigenvalue weighted by molar-refractivity contribution is 0.135. The average molecular weight is 511 g/mol. The lowest BCUT2D eigenvalue weighted by Crippen LogP contribution is -2.44. The summed E-state index contributed by atoms with van der Waals surface area (Å²) in [6.45, 7) is 2.57. The highest BCUT2D eigenvalue weighted by Crippen LogP contribution is 2.38. The molecule has 0 aromatic heterocycles. The first-order chi connectivity index (χ1) is 16.1. The van der Waals surface area contributed by atoms with Crippen molar-refractivity contribution in [1.29, 1.82) is 0 Å². The molecular weight excluding hydrogens is 479 g/mol. The second-order valence-corrected chi connectivity index (χ2v) is 13.2. The second-order valence-electron chi connectivity index (χ2n) is 9.15. The number of piperidine rings is 1. The summed E-state index contributed by atoms with van der Waals surface area (Å²) < 4.78 is 73.8. The van der Waals surface area contributed by atoms with Crippen LogP contribution in [-0.2, 0) is 26.6 Å². The van der Waals surface area contributed by atoms with Gasteiger partial charge in [0.15, 0.2) is 0 Å². The maximum absolute atomic E-state index is 15.0. The first-order valence-corrected chi connectivity index (χ1v) is 14.9. The molecule has 2 aliphatic heterocycles. The first-order valence-electron chi connectivity index (χ1n) is 11.5. The van der Waals surface area contributed by atoms with Gasteiger partial charge in [-0.3, -0.25) is 0 Å². The Bertz CT molecular complexity index is 1210. The van der Waals surface area contributed by atoms with Crippen LogP contribution in [0.2, 0.25) is 0 Å². The number of rotatable bonds is 6. The topological polar surface area (TPSA) is 84.0 Å². The second kappa shape index (κ2) is 9.93. The minimum atomic E-state index is -3.65. The van der Waals surface area contributed by atoms with Crippen molar-refractivity contribution in [2.75, 3.05) is 19.3 Å². The lowest BCUT2D eigenvalue weighted by Gasteiger charge is -2.37. The third kappa shape index (κ3) is 5.45. The Hall–Kier alpha value is -2.01. The summed E-state index contributed by atoms with van der Waals surface area (Å²) >= 11 is 0. The molecule has 0 bridgehead atoms. The summed E-state index contributed by atoms with van der Waals surface area (Å²) in [7, 11) is -6.87. The van der Waals surface area contributed by atoms with E-state index < -0.39 is 31.1 Å². The van der Waals surface area contributed by atoms with Gasteiger partial charge in [-0.15, -0.1) is 0 Å². The Morgan fingerprint density at radius 3 is 2.32 bits per heavy atom. The van der Waals surface area contributed by atoms with E-state index in [0.29, 0.717) is 50.1 Å². The fourth-order valence-electron chi connectivity index (χ4n) is 4.72. The van der Waals surface area contributed by atoms with Crippen LogP contribution in [0.15, 0.2) is 48.5 Å². The predicted molar refractivity (Wildman–Crippen MR) is 129 cm³/mol. The van der Waals surface area contributed by atoms with Gasteiger partial charge in [0.2, 0.25) is 20.0 Å². The van der Waals surface area contributed by atoms with E-state index in [-0.39, 0.29) is 18.7 Å². The molecule has 10 heteroatoms. The van der Waals surface area contributed by atoms with Crippen molar-refractivity contribution < 1.29 is 26.0 Å². The van der Waals surface area contributed by atoms with Gasteiger partial charge in [-0.1, -0.05) is 36.4 Å². The zero-order chi connectivity index (χ0) is 24.5. The Morgan fingerprint density at radius 1 is 1.03 bits per heavy atom. The van der Waals surface area contributed by atoms with Crippen LogP contribution in [0, 0.1) is 5.82 Å². The van der Waals surface area contributed by atoms with E-state index in [9.17, 15) is 21.2 Å². The van der Waals surface area contributed by atoms with Gasteiger partial charge in [0.05, 0.1) is 6.26 Å². The molecule has 2 atom stereocenters. The van der Waals surface area contributed by atoms with Crippen molar-refractivity contribution in [3.8, 4) is 5.75 Å². The third-order valence-electron chi connectivity index (χ3n) is 6.72. The van der Waals surface area contributed by atoms with E-state index in [1.54, 1.807) is 12.1 Å². The number of sulfonamides is 2. The van der Waals surface area contributed by atoms with Gasteiger partial charge < -0.3 is 4.74 Å². The van der Waals surface area contributed by atoms with E-state index in [1.165, 1.54) is 20.9 Å². The van der Waals surface area contributed by atoms with Crippen molar-refractivity contribution >= 4 is 20.0 Å². The molecule has 7 nitrogen and oxygen atoms in total. The maximum atomic E-state index is 15.0. The minimum absolute atomic E-state index is 0.0360. The van der Waals surface area contributed by atoms with Gasteiger partial charge >= 0.3 is 0 Å². The van der Waals surface area contributed by atoms with E-state index in [0.717, 1.165) is 5.56 Å². The van der Waals surface area contributed by atoms with Crippen LogP contribution < -0.4 is 4.74 Å². The molecule has 2 aromatic rings. The fourth-order valence-corrected chi connectivity index (χ4v) is 7.79. The highest BCUT2D eigenvalue weighted by Gasteiger charge is 2.40. The molecule has 0 radical (unpaired) electrons. The molecule has 4 rings (SSSR count). The van der Waals surface area contributed by atoms with Crippen LogP contribution in [-0.4, -0.2) is 56.9 Å². The number of halogens is 1. The Kier molecular flexibility index (Phi) is 7.33. The van der Waals surface area contributed by atoms with Crippen LogP contribution >= 0.6 is 0 Å². The molecule has 2 saturated heterocycles. The van der Waals surface area contributed by atoms with Crippen LogP contribution in [0.25, 0.3) is 0 Å². The van der Waals surface area contributed by atoms with Gasteiger partial charge in [0, 0.05) is 37.3 Å². The molecule has 2 aromatic carbocycles. The summed E-state index contributed by atoms with van der Waals surface area (Å²) in [6, 6.07) is 13.4. The number of hydrogen-bond acceptors (Lipinski definition) is 5. The van der Waals surface area contributed by atoms with Crippen molar-refractivity contribution in [3.63, 3.8) is 0 Å². The molecule has 0 spiro atoms. The summed E-state index contributed by atoms with van der Waals surface area (Å²) in [6.07, 6.45) is 3.29. The summed E-state index contributed by atoms with van der Waals surface area (Å²) in [5, 5.41) is -0.631. The fraction of sp³-hybridized carbons (Fsp3) is 0.500. The average Bonchev–Trinajstić information content (AvgIpc) is 2.78. The number of ether oxygens (including phenoxy) is 1. The predicted octanol–water partition coefficient (Wildman–Crippen LogP) is 3.68. The first kappa shape index (κ1) is 25.1. The molecule has 0 saturated carbocycles. The van der Waals surface area contributed by atoms with E-state index in [2.05, 4.69) is 0 Å². The molecule has 2 heterocycles. The standard InChI is InChI=1S/C24H31FN2O5S2/c1-18-8-11-24(19-6-4-3-5-7-19)34(30,31)27(18)17-20-9-10-22(16-23(20)25)32-21-12-14-26(15-13-21)33(2,28)29/h3-7,9-10,16,18,21,24H,8,11-15,17H2,1-2H3/t18-,24?/m0/s1. The molecule has 2 fully saturated rings. The van der Waals surface area contributed by atoms with Crippen molar-refractivity contribution in [3.05, 3.63) is 65.5 Å². The lowest BCUT2D eigenvalue weighted by atomic mass is 10.0. The highest BCUT2D eigenvalue weighted by atomic mass is 32.2. The molecule has 0 amide bonds. The Morgan fingerprint density at radius 2 is 1.71 bits per heavy atom. The number of nitrogens with zero attached hydrogens (tertiary/aromatic N) is 2. The molecule has 186 valence electrons. The van der Waals surface area contributed by atoms with Crippen LogP contribution in [0.5, 0.6) is 5.75 Å². The monoisotopic (exact) mass is 510 g/mol. The molecule has 34 heavy (non-hydrogen) atoms. The number of benzene rings is 2. The molecule has 0 N–H and O–H groups in total. The van der Waals surface area contributed by atoms with Crippen LogP contribution in [0.3, 0.4) is 0 Å². The maximum Gasteiger partial charge on any atom is 0.221 e. The number of hydrogen-bond donors (Lipinski definition) is 0. The van der Waals surface area contributed by atoms with Gasteiger partial charge in [-0.2, -0.15) is 4.31 Å². The molecule has 1 unspecified atom stereocenters. The largest absolute Gasteiger partial charge is 0.490 e. The van der Waals surface area contributed by atoms with Crippen LogP contribution in [0.1, 0.15) is 49.0 Å². The quantitative estimate of drug-likeness (QED) is 0.592. The zero-order valence-electron chi connectivity index (χ0n) is 19.4. The van der Waals surface area contributed by atoms with Crippen molar-refractivity contribution in [1.82, 2.24) is 8.61 Å². The Labute approximate surface area is 201 Å². The van der Waals surface area contributed by atoms with Gasteiger partial charge in [-0.05, 0) is 44.2 Å².